The van der Waals surface area contributed by atoms with Crippen molar-refractivity contribution in [2.24, 2.45) is 0 Å². The number of pyridine rings is 1. The molecule has 0 aliphatic carbocycles. The molecule has 0 atom stereocenters. The van der Waals surface area contributed by atoms with Crippen molar-refractivity contribution in [3.05, 3.63) is 56.8 Å². The summed E-state index contributed by atoms with van der Waals surface area (Å²) in [5.41, 5.74) is -0.217. The molecule has 2 rings (SSSR count). The van der Waals surface area contributed by atoms with Gasteiger partial charge in [0.15, 0.2) is 0 Å². The van der Waals surface area contributed by atoms with Gasteiger partial charge in [-0.3, -0.25) is 14.8 Å². The predicted molar refractivity (Wildman–Crippen MR) is 78.2 cm³/mol. The van der Waals surface area contributed by atoms with Gasteiger partial charge in [0.25, 0.3) is 15.7 Å². The molecule has 0 radical (unpaired) electrons. The molecule has 10 heteroatoms. The van der Waals surface area contributed by atoms with E-state index in [2.05, 4.69) is 9.71 Å². The monoisotopic (exact) mass is 347 g/mol. The van der Waals surface area contributed by atoms with Gasteiger partial charge in [0.2, 0.25) is 0 Å². The lowest BCUT2D eigenvalue weighted by atomic mass is 10.3. The van der Waals surface area contributed by atoms with Crippen LogP contribution in [0.15, 0.2) is 41.4 Å². The summed E-state index contributed by atoms with van der Waals surface area (Å²) >= 11 is 11.5. The zero-order valence-electron chi connectivity index (χ0n) is 10.2. The van der Waals surface area contributed by atoms with Gasteiger partial charge in [-0.15, -0.1) is 0 Å². The summed E-state index contributed by atoms with van der Waals surface area (Å²) in [6.45, 7) is 0. The fraction of sp³-hybridized carbons (Fsp3) is 0. The second-order valence-electron chi connectivity index (χ2n) is 3.84. The summed E-state index contributed by atoms with van der Waals surface area (Å²) in [6, 6.07) is 5.83. The van der Waals surface area contributed by atoms with Crippen LogP contribution in [0.3, 0.4) is 0 Å². The van der Waals surface area contributed by atoms with E-state index in [1.54, 1.807) is 0 Å². The largest absolute Gasteiger partial charge is 0.278 e. The van der Waals surface area contributed by atoms with Crippen molar-refractivity contribution in [1.82, 2.24) is 4.98 Å². The molecule has 0 saturated carbocycles. The fourth-order valence-corrected chi connectivity index (χ4v) is 3.06. The molecule has 0 unspecified atom stereocenters. The molecule has 0 aliphatic rings. The SMILES string of the molecule is O=[N+]([O-])c1ccc(NS(=O)(=O)c2ccnc(Cl)c2)c(Cl)c1. The summed E-state index contributed by atoms with van der Waals surface area (Å²) < 4.78 is 26.5. The number of hydrogen-bond donors (Lipinski definition) is 1. The van der Waals surface area contributed by atoms with E-state index < -0.39 is 14.9 Å². The van der Waals surface area contributed by atoms with E-state index in [0.29, 0.717) is 0 Å². The maximum Gasteiger partial charge on any atom is 0.271 e. The van der Waals surface area contributed by atoms with Gasteiger partial charge in [-0.1, -0.05) is 23.2 Å². The zero-order chi connectivity index (χ0) is 15.6. The average Bonchev–Trinajstić information content (AvgIpc) is 2.40. The van der Waals surface area contributed by atoms with Crippen LogP contribution in [0.5, 0.6) is 0 Å². The first-order valence-corrected chi connectivity index (χ1v) is 7.62. The Hall–Kier alpha value is -1.90. The molecule has 0 saturated heterocycles. The molecule has 21 heavy (non-hydrogen) atoms. The fourth-order valence-electron chi connectivity index (χ4n) is 1.46. The van der Waals surface area contributed by atoms with Crippen molar-refractivity contribution in [3.8, 4) is 0 Å². The number of halogens is 2. The highest BCUT2D eigenvalue weighted by Crippen LogP contribution is 2.28. The molecule has 0 spiro atoms. The number of anilines is 1. The van der Waals surface area contributed by atoms with Crippen molar-refractivity contribution in [1.29, 1.82) is 0 Å². The Morgan fingerprint density at radius 2 is 1.90 bits per heavy atom. The van der Waals surface area contributed by atoms with Gasteiger partial charge in [-0.05, 0) is 18.2 Å². The molecule has 0 amide bonds. The van der Waals surface area contributed by atoms with E-state index >= 15 is 0 Å². The standard InChI is InChI=1S/C11H7Cl2N3O4S/c12-9-5-7(16(17)18)1-2-10(9)15-21(19,20)8-3-4-14-11(13)6-8/h1-6,15H. The number of nitro benzene ring substituents is 1. The summed E-state index contributed by atoms with van der Waals surface area (Å²) in [6.07, 6.45) is 1.24. The zero-order valence-corrected chi connectivity index (χ0v) is 12.5. The highest BCUT2D eigenvalue weighted by Gasteiger charge is 2.18. The Balaban J connectivity index is 2.35. The number of rotatable bonds is 4. The van der Waals surface area contributed by atoms with Crippen LogP contribution in [0, 0.1) is 10.1 Å². The number of sulfonamides is 1. The molecule has 0 fully saturated rings. The van der Waals surface area contributed by atoms with Crippen LogP contribution in [0.1, 0.15) is 0 Å². The Labute approximate surface area is 129 Å². The van der Waals surface area contributed by atoms with Gasteiger partial charge < -0.3 is 0 Å². The van der Waals surface area contributed by atoms with Crippen LogP contribution in [0.25, 0.3) is 0 Å². The Morgan fingerprint density at radius 1 is 1.19 bits per heavy atom. The third-order valence-electron chi connectivity index (χ3n) is 2.42. The third-order valence-corrected chi connectivity index (χ3v) is 4.30. The summed E-state index contributed by atoms with van der Waals surface area (Å²) in [5.74, 6) is 0. The highest BCUT2D eigenvalue weighted by molar-refractivity contribution is 7.92. The summed E-state index contributed by atoms with van der Waals surface area (Å²) in [7, 11) is -3.92. The van der Waals surface area contributed by atoms with E-state index in [1.165, 1.54) is 24.4 Å². The lowest BCUT2D eigenvalue weighted by molar-refractivity contribution is -0.384. The first-order valence-electron chi connectivity index (χ1n) is 5.38. The van der Waals surface area contributed by atoms with E-state index in [9.17, 15) is 18.5 Å². The Morgan fingerprint density at radius 3 is 2.48 bits per heavy atom. The van der Waals surface area contributed by atoms with Crippen molar-refractivity contribution in [2.75, 3.05) is 4.72 Å². The van der Waals surface area contributed by atoms with Crippen LogP contribution >= 0.6 is 23.2 Å². The number of hydrogen-bond acceptors (Lipinski definition) is 5. The second kappa shape index (κ2) is 5.84. The van der Waals surface area contributed by atoms with E-state index in [1.807, 2.05) is 0 Å². The van der Waals surface area contributed by atoms with Crippen molar-refractivity contribution in [2.45, 2.75) is 4.90 Å². The van der Waals surface area contributed by atoms with Crippen LogP contribution in [-0.4, -0.2) is 18.3 Å². The van der Waals surface area contributed by atoms with Crippen LogP contribution in [-0.2, 0) is 10.0 Å². The van der Waals surface area contributed by atoms with E-state index in [4.69, 9.17) is 23.2 Å². The van der Waals surface area contributed by atoms with Crippen molar-refractivity contribution < 1.29 is 13.3 Å². The van der Waals surface area contributed by atoms with E-state index in [-0.39, 0.29) is 26.4 Å². The molecular formula is C11H7Cl2N3O4S. The topological polar surface area (TPSA) is 102 Å². The van der Waals surface area contributed by atoms with Gasteiger partial charge in [0.05, 0.1) is 20.5 Å². The van der Waals surface area contributed by atoms with Gasteiger partial charge in [-0.2, -0.15) is 0 Å². The average molecular weight is 348 g/mol. The lowest BCUT2D eigenvalue weighted by Gasteiger charge is -2.09. The summed E-state index contributed by atoms with van der Waals surface area (Å²) in [5, 5.41) is 10.5. The molecule has 1 N–H and O–H groups in total. The van der Waals surface area contributed by atoms with Crippen LogP contribution < -0.4 is 4.72 Å². The number of benzene rings is 1. The summed E-state index contributed by atoms with van der Waals surface area (Å²) in [4.78, 5) is 13.5. The number of nitrogens with zero attached hydrogens (tertiary/aromatic N) is 2. The first-order chi connectivity index (χ1) is 9.79. The van der Waals surface area contributed by atoms with Crippen LogP contribution in [0.4, 0.5) is 11.4 Å². The smallest absolute Gasteiger partial charge is 0.271 e. The van der Waals surface area contributed by atoms with Gasteiger partial charge in [0, 0.05) is 18.3 Å². The van der Waals surface area contributed by atoms with Gasteiger partial charge in [-0.25, -0.2) is 13.4 Å². The van der Waals surface area contributed by atoms with Crippen molar-refractivity contribution >= 4 is 44.6 Å². The van der Waals surface area contributed by atoms with Gasteiger partial charge >= 0.3 is 0 Å². The van der Waals surface area contributed by atoms with E-state index in [0.717, 1.165) is 12.1 Å². The number of nitrogens with one attached hydrogen (secondary N) is 1. The molecule has 110 valence electrons. The lowest BCUT2D eigenvalue weighted by Crippen LogP contribution is -2.13. The number of non-ortho nitro benzene ring substituents is 1. The van der Waals surface area contributed by atoms with Crippen molar-refractivity contribution in [3.63, 3.8) is 0 Å². The molecule has 1 aromatic heterocycles. The molecule has 7 nitrogen and oxygen atoms in total. The molecule has 1 heterocycles. The maximum atomic E-state index is 12.1. The Bertz CT molecular complexity index is 811. The minimum Gasteiger partial charge on any atom is -0.278 e. The Kier molecular flexibility index (Phi) is 4.31. The minimum atomic E-state index is -3.92. The normalized spacial score (nSPS) is 11.1. The molecule has 0 aliphatic heterocycles. The second-order valence-corrected chi connectivity index (χ2v) is 6.32. The number of nitro groups is 1. The molecule has 0 bridgehead atoms. The van der Waals surface area contributed by atoms with Crippen LogP contribution in [0.2, 0.25) is 10.2 Å². The molecular weight excluding hydrogens is 341 g/mol. The highest BCUT2D eigenvalue weighted by atomic mass is 35.5. The molecule has 2 aromatic rings. The predicted octanol–water partition coefficient (Wildman–Crippen LogP) is 3.10. The maximum absolute atomic E-state index is 12.1. The van der Waals surface area contributed by atoms with Gasteiger partial charge in [0.1, 0.15) is 5.15 Å². The third kappa shape index (κ3) is 3.60. The minimum absolute atomic E-state index is 0.0210. The molecule has 1 aromatic carbocycles. The quantitative estimate of drug-likeness (QED) is 0.520. The number of aromatic nitrogens is 1. The first kappa shape index (κ1) is 15.5.